The number of aryl methyl sites for hydroxylation is 3. The molecule has 6 heteroatoms. The summed E-state index contributed by atoms with van der Waals surface area (Å²) in [4.78, 5) is 27.3. The van der Waals surface area contributed by atoms with E-state index in [1.165, 1.54) is 15.4 Å². The number of quaternary nitrogens is 2. The molecule has 0 saturated carbocycles. The van der Waals surface area contributed by atoms with E-state index in [2.05, 4.69) is 10.6 Å². The molecule has 1 aliphatic rings. The summed E-state index contributed by atoms with van der Waals surface area (Å²) in [6, 6.07) is 13.9. The van der Waals surface area contributed by atoms with E-state index in [0.717, 1.165) is 48.7 Å². The number of benzene rings is 2. The van der Waals surface area contributed by atoms with Crippen LogP contribution in [0.25, 0.3) is 0 Å². The minimum atomic E-state index is 0.0417. The third-order valence-electron chi connectivity index (χ3n) is 5.57. The van der Waals surface area contributed by atoms with E-state index in [9.17, 15) is 9.59 Å². The van der Waals surface area contributed by atoms with Gasteiger partial charge in [0, 0.05) is 11.4 Å². The van der Waals surface area contributed by atoms with E-state index < -0.39 is 0 Å². The van der Waals surface area contributed by atoms with E-state index in [1.807, 2.05) is 63.2 Å². The lowest BCUT2D eigenvalue weighted by molar-refractivity contribution is -1.00. The lowest BCUT2D eigenvalue weighted by Gasteiger charge is -2.29. The Morgan fingerprint density at radius 3 is 1.76 bits per heavy atom. The first-order valence-electron chi connectivity index (χ1n) is 10.3. The van der Waals surface area contributed by atoms with Crippen molar-refractivity contribution in [1.82, 2.24) is 0 Å². The monoisotopic (exact) mass is 396 g/mol. The Hall–Kier alpha value is -2.70. The molecule has 4 N–H and O–H groups in total. The van der Waals surface area contributed by atoms with Gasteiger partial charge in [0.05, 0.1) is 0 Å². The van der Waals surface area contributed by atoms with Crippen LogP contribution in [-0.4, -0.2) is 51.1 Å². The Balaban J connectivity index is 1.41. The van der Waals surface area contributed by atoms with Gasteiger partial charge in [-0.1, -0.05) is 35.9 Å². The SMILES string of the molecule is Cc1ccc(NC(=O)C[NH+]2CC[NH+](CC(=O)Nc3c(C)cccc3C)CC2)cc1. The van der Waals surface area contributed by atoms with Crippen molar-refractivity contribution in [1.29, 1.82) is 0 Å². The van der Waals surface area contributed by atoms with Crippen LogP contribution in [0.3, 0.4) is 0 Å². The fraction of sp³-hybridized carbons (Fsp3) is 0.391. The summed E-state index contributed by atoms with van der Waals surface area (Å²) in [6.07, 6.45) is 0. The second-order valence-corrected chi connectivity index (χ2v) is 8.08. The number of nitrogens with one attached hydrogen (secondary N) is 4. The van der Waals surface area contributed by atoms with E-state index in [-0.39, 0.29) is 11.8 Å². The van der Waals surface area contributed by atoms with E-state index in [4.69, 9.17) is 0 Å². The average molecular weight is 397 g/mol. The molecule has 6 nitrogen and oxygen atoms in total. The highest BCUT2D eigenvalue weighted by Gasteiger charge is 2.26. The zero-order valence-electron chi connectivity index (χ0n) is 17.6. The molecule has 0 bridgehead atoms. The third kappa shape index (κ3) is 6.14. The van der Waals surface area contributed by atoms with Gasteiger partial charge in [-0.25, -0.2) is 0 Å². The Morgan fingerprint density at radius 2 is 1.24 bits per heavy atom. The molecule has 1 aliphatic heterocycles. The largest absolute Gasteiger partial charge is 0.321 e. The predicted octanol–water partition coefficient (Wildman–Crippen LogP) is -0.0275. The number of rotatable bonds is 6. The van der Waals surface area contributed by atoms with Gasteiger partial charge >= 0.3 is 0 Å². The van der Waals surface area contributed by atoms with Gasteiger partial charge in [0.15, 0.2) is 13.1 Å². The summed E-state index contributed by atoms with van der Waals surface area (Å²) >= 11 is 0. The van der Waals surface area contributed by atoms with E-state index in [1.54, 1.807) is 0 Å². The lowest BCUT2D eigenvalue weighted by atomic mass is 10.1. The Labute approximate surface area is 172 Å². The molecular formula is C23H32N4O2+2. The van der Waals surface area contributed by atoms with Crippen LogP contribution in [0.2, 0.25) is 0 Å². The van der Waals surface area contributed by atoms with Crippen molar-refractivity contribution in [2.75, 3.05) is 49.9 Å². The van der Waals surface area contributed by atoms with Crippen LogP contribution < -0.4 is 20.4 Å². The molecule has 0 spiro atoms. The van der Waals surface area contributed by atoms with Crippen molar-refractivity contribution in [3.05, 3.63) is 59.2 Å². The fourth-order valence-electron chi connectivity index (χ4n) is 3.80. The van der Waals surface area contributed by atoms with Crippen LogP contribution in [0.1, 0.15) is 16.7 Å². The molecule has 1 fully saturated rings. The van der Waals surface area contributed by atoms with Gasteiger partial charge in [-0.15, -0.1) is 0 Å². The molecule has 2 amide bonds. The summed E-state index contributed by atoms with van der Waals surface area (Å²) in [7, 11) is 0. The number of hydrogen-bond acceptors (Lipinski definition) is 2. The molecule has 2 aromatic carbocycles. The minimum Gasteiger partial charge on any atom is -0.321 e. The van der Waals surface area contributed by atoms with Crippen molar-refractivity contribution in [2.45, 2.75) is 20.8 Å². The number of hydrogen-bond donors (Lipinski definition) is 4. The van der Waals surface area contributed by atoms with Crippen molar-refractivity contribution in [3.8, 4) is 0 Å². The topological polar surface area (TPSA) is 67.1 Å². The molecule has 1 heterocycles. The molecule has 29 heavy (non-hydrogen) atoms. The summed E-state index contributed by atoms with van der Waals surface area (Å²) in [6.45, 7) is 10.6. The normalized spacial score (nSPS) is 18.9. The second kappa shape index (κ2) is 9.67. The van der Waals surface area contributed by atoms with Crippen LogP contribution in [0.15, 0.2) is 42.5 Å². The standard InChI is InChI=1S/C23H30N4O2/c1-17-7-9-20(10-8-17)24-21(28)15-26-11-13-27(14-12-26)16-22(29)25-23-18(2)5-4-6-19(23)3/h4-10H,11-16H2,1-3H3,(H,24,28)(H,25,29)/p+2. The third-order valence-corrected chi connectivity index (χ3v) is 5.57. The predicted molar refractivity (Wildman–Crippen MR) is 115 cm³/mol. The maximum absolute atomic E-state index is 12.5. The first-order valence-corrected chi connectivity index (χ1v) is 10.3. The van der Waals surface area contributed by atoms with Gasteiger partial charge in [-0.05, 0) is 44.0 Å². The van der Waals surface area contributed by atoms with Crippen LogP contribution in [0.5, 0.6) is 0 Å². The van der Waals surface area contributed by atoms with Gasteiger partial charge in [0.1, 0.15) is 26.2 Å². The Bertz CT molecular complexity index is 835. The number of anilines is 2. The molecule has 1 saturated heterocycles. The molecule has 3 rings (SSSR count). The minimum absolute atomic E-state index is 0.0417. The first kappa shape index (κ1) is 21.0. The summed E-state index contributed by atoms with van der Waals surface area (Å²) < 4.78 is 0. The van der Waals surface area contributed by atoms with E-state index >= 15 is 0 Å². The van der Waals surface area contributed by atoms with Gasteiger partial charge in [-0.3, -0.25) is 9.59 Å². The van der Waals surface area contributed by atoms with Gasteiger partial charge in [-0.2, -0.15) is 0 Å². The fourth-order valence-corrected chi connectivity index (χ4v) is 3.80. The number of amides is 2. The van der Waals surface area contributed by atoms with Crippen LogP contribution in [0, 0.1) is 20.8 Å². The van der Waals surface area contributed by atoms with Crippen LogP contribution >= 0.6 is 0 Å². The highest BCUT2D eigenvalue weighted by atomic mass is 16.2. The average Bonchev–Trinajstić information content (AvgIpc) is 2.68. The first-order chi connectivity index (χ1) is 13.9. The molecule has 0 aromatic heterocycles. The summed E-state index contributed by atoms with van der Waals surface area (Å²) in [5, 5.41) is 6.04. The second-order valence-electron chi connectivity index (χ2n) is 8.08. The number of para-hydroxylation sites is 1. The highest BCUT2D eigenvalue weighted by Crippen LogP contribution is 2.18. The smallest absolute Gasteiger partial charge is 0.279 e. The van der Waals surface area contributed by atoms with Gasteiger partial charge in [0.25, 0.3) is 11.8 Å². The zero-order chi connectivity index (χ0) is 20.8. The molecule has 0 unspecified atom stereocenters. The number of carbonyl (C=O) groups excluding carboxylic acids is 2. The summed E-state index contributed by atoms with van der Waals surface area (Å²) in [5.41, 5.74) is 5.11. The van der Waals surface area contributed by atoms with Gasteiger partial charge < -0.3 is 20.4 Å². The van der Waals surface area contributed by atoms with Crippen LogP contribution in [0.4, 0.5) is 11.4 Å². The number of piperazine rings is 1. The quantitative estimate of drug-likeness (QED) is 0.554. The van der Waals surface area contributed by atoms with Crippen LogP contribution in [-0.2, 0) is 9.59 Å². The molecule has 0 atom stereocenters. The Kier molecular flexibility index (Phi) is 7.01. The van der Waals surface area contributed by atoms with E-state index in [0.29, 0.717) is 13.1 Å². The molecule has 0 aliphatic carbocycles. The highest BCUT2D eigenvalue weighted by molar-refractivity contribution is 5.93. The zero-order valence-corrected chi connectivity index (χ0v) is 17.6. The summed E-state index contributed by atoms with van der Waals surface area (Å²) in [5.74, 6) is 0.0954. The molecular weight excluding hydrogens is 364 g/mol. The van der Waals surface area contributed by atoms with Crippen molar-refractivity contribution >= 4 is 23.2 Å². The molecule has 0 radical (unpaired) electrons. The molecule has 2 aromatic rings. The lowest BCUT2D eigenvalue weighted by Crippen LogP contribution is -3.28. The van der Waals surface area contributed by atoms with Crippen molar-refractivity contribution in [2.24, 2.45) is 0 Å². The maximum Gasteiger partial charge on any atom is 0.279 e. The Morgan fingerprint density at radius 1 is 0.759 bits per heavy atom. The number of carbonyl (C=O) groups is 2. The molecule has 154 valence electrons. The van der Waals surface area contributed by atoms with Crippen molar-refractivity contribution in [3.63, 3.8) is 0 Å². The maximum atomic E-state index is 12.5. The van der Waals surface area contributed by atoms with Gasteiger partial charge in [0.2, 0.25) is 0 Å². The van der Waals surface area contributed by atoms with Crippen molar-refractivity contribution < 1.29 is 19.4 Å².